The summed E-state index contributed by atoms with van der Waals surface area (Å²) < 4.78 is 5.13. The lowest BCUT2D eigenvalue weighted by atomic mass is 9.97. The Morgan fingerprint density at radius 3 is 1.63 bits per heavy atom. The van der Waals surface area contributed by atoms with Crippen LogP contribution in [-0.4, -0.2) is 129 Å². The van der Waals surface area contributed by atoms with Gasteiger partial charge in [0.15, 0.2) is 17.9 Å². The van der Waals surface area contributed by atoms with E-state index in [2.05, 4.69) is 27.0 Å². The van der Waals surface area contributed by atoms with Crippen molar-refractivity contribution in [3.8, 4) is 0 Å². The fourth-order valence-corrected chi connectivity index (χ4v) is 7.69. The Hall–Kier alpha value is -6.28. The minimum Gasteiger partial charge on any atom is -0.394 e. The van der Waals surface area contributed by atoms with Crippen molar-refractivity contribution in [2.45, 2.75) is 87.9 Å². The third-order valence-electron chi connectivity index (χ3n) is 10.7. The van der Waals surface area contributed by atoms with E-state index in [4.69, 9.17) is 4.74 Å². The lowest BCUT2D eigenvalue weighted by Crippen LogP contribution is -2.64. The van der Waals surface area contributed by atoms with E-state index < -0.39 is 66.3 Å². The van der Waals surface area contributed by atoms with Crippen molar-refractivity contribution in [1.82, 2.24) is 21.3 Å². The van der Waals surface area contributed by atoms with Crippen LogP contribution in [0.2, 0.25) is 0 Å². The number of hydrogen-bond donors (Lipinski definition) is 9. The van der Waals surface area contributed by atoms with Gasteiger partial charge in [0.2, 0.25) is 17.7 Å². The third-order valence-corrected chi connectivity index (χ3v) is 12.0. The number of ether oxygens (including phenoxy) is 1. The van der Waals surface area contributed by atoms with Gasteiger partial charge in [-0.05, 0) is 49.9 Å². The van der Waals surface area contributed by atoms with Crippen LogP contribution in [0.25, 0.3) is 0 Å². The number of ketones is 2. The molecule has 1 aliphatic heterocycles. The summed E-state index contributed by atoms with van der Waals surface area (Å²) in [6, 6.07) is 27.7. The third kappa shape index (κ3) is 16.2. The van der Waals surface area contributed by atoms with Crippen LogP contribution in [0.4, 0.5) is 0 Å². The number of nitrogens with two attached hydrogens (primary N) is 1. The van der Waals surface area contributed by atoms with Crippen molar-refractivity contribution in [1.29, 1.82) is 0 Å². The summed E-state index contributed by atoms with van der Waals surface area (Å²) in [5.74, 6) is -2.19. The van der Waals surface area contributed by atoms with Gasteiger partial charge in [-0.1, -0.05) is 98.8 Å². The quantitative estimate of drug-likeness (QED) is 0.0405. The molecule has 4 aromatic carbocycles. The first-order valence-electron chi connectivity index (χ1n) is 22.0. The molecule has 7 unspecified atom stereocenters. The Balaban J connectivity index is 0.00000186. The summed E-state index contributed by atoms with van der Waals surface area (Å²) in [6.07, 6.45) is -4.06. The van der Waals surface area contributed by atoms with Gasteiger partial charge in [-0.2, -0.15) is 0 Å². The predicted octanol–water partition coefficient (Wildman–Crippen LogP) is 2.27. The summed E-state index contributed by atoms with van der Waals surface area (Å²) in [4.78, 5) is 88.1. The van der Waals surface area contributed by atoms with Gasteiger partial charge in [0.05, 0.1) is 11.9 Å². The SMILES string of the molecule is CCC(N)=O.CCC(SCCNC(=O)C(CCCCNC(=O)c1ccc(C(=O)c2ccccc2)cc1)NC(=O)c1ccc(C(=O)c2ccccc2)cc1)C(=O)NC1C(O)OC(CO)C(O)C1O. The van der Waals surface area contributed by atoms with Gasteiger partial charge < -0.3 is 52.2 Å². The number of aliphatic hydroxyl groups excluding tert-OH is 4. The van der Waals surface area contributed by atoms with Crippen molar-refractivity contribution in [3.05, 3.63) is 143 Å². The number of aliphatic hydroxyl groups is 4. The summed E-state index contributed by atoms with van der Waals surface area (Å²) in [6.45, 7) is 3.25. The average Bonchev–Trinajstić information content (AvgIpc) is 3.35. The number of carbonyl (C=O) groups excluding carboxylic acids is 7. The van der Waals surface area contributed by atoms with Gasteiger partial charge in [0, 0.05) is 58.6 Å². The van der Waals surface area contributed by atoms with Crippen LogP contribution in [0, 0.1) is 0 Å². The van der Waals surface area contributed by atoms with E-state index in [0.29, 0.717) is 53.5 Å². The van der Waals surface area contributed by atoms with E-state index >= 15 is 0 Å². The molecule has 17 nitrogen and oxygen atoms in total. The number of primary amides is 1. The minimum absolute atomic E-state index is 0.121. The van der Waals surface area contributed by atoms with Crippen LogP contribution >= 0.6 is 11.8 Å². The number of rotatable bonds is 22. The maximum absolute atomic E-state index is 13.5. The van der Waals surface area contributed by atoms with E-state index in [1.54, 1.807) is 105 Å². The molecule has 0 aliphatic carbocycles. The minimum atomic E-state index is -1.66. The number of thioether (sulfide) groups is 1. The molecule has 0 saturated carbocycles. The molecule has 1 saturated heterocycles. The van der Waals surface area contributed by atoms with E-state index in [-0.39, 0.29) is 54.2 Å². The smallest absolute Gasteiger partial charge is 0.251 e. The van der Waals surface area contributed by atoms with E-state index in [9.17, 15) is 54.0 Å². The monoisotopic (exact) mass is 941 g/mol. The molecule has 1 aliphatic rings. The highest BCUT2D eigenvalue weighted by molar-refractivity contribution is 8.00. The molecule has 5 amide bonds. The molecule has 1 heterocycles. The van der Waals surface area contributed by atoms with Crippen LogP contribution < -0.4 is 27.0 Å². The summed E-state index contributed by atoms with van der Waals surface area (Å²) in [5, 5.41) is 50.5. The Morgan fingerprint density at radius 1 is 0.642 bits per heavy atom. The van der Waals surface area contributed by atoms with Crippen LogP contribution in [0.15, 0.2) is 109 Å². The average molecular weight is 942 g/mol. The van der Waals surface area contributed by atoms with Crippen molar-refractivity contribution >= 4 is 52.9 Å². The molecule has 4 aromatic rings. The molecular formula is C49H59N5O12S. The second-order valence-electron chi connectivity index (χ2n) is 15.5. The van der Waals surface area contributed by atoms with Crippen molar-refractivity contribution < 1.29 is 58.7 Å². The molecule has 358 valence electrons. The van der Waals surface area contributed by atoms with Crippen molar-refractivity contribution in [3.63, 3.8) is 0 Å². The second-order valence-corrected chi connectivity index (χ2v) is 16.8. The molecule has 10 N–H and O–H groups in total. The van der Waals surface area contributed by atoms with E-state index in [1.807, 2.05) is 6.07 Å². The van der Waals surface area contributed by atoms with Crippen LogP contribution in [0.5, 0.6) is 0 Å². The second kappa shape index (κ2) is 27.4. The Kier molecular flexibility index (Phi) is 21.8. The zero-order chi connectivity index (χ0) is 48.9. The fourth-order valence-electron chi connectivity index (χ4n) is 6.73. The maximum atomic E-state index is 13.5. The molecule has 67 heavy (non-hydrogen) atoms. The van der Waals surface area contributed by atoms with Crippen molar-refractivity contribution in [2.75, 3.05) is 25.4 Å². The molecule has 0 spiro atoms. The molecule has 7 atom stereocenters. The van der Waals surface area contributed by atoms with Gasteiger partial charge in [0.25, 0.3) is 11.8 Å². The molecule has 0 bridgehead atoms. The Morgan fingerprint density at radius 2 is 1.13 bits per heavy atom. The number of nitrogens with one attached hydrogen (secondary N) is 4. The fraction of sp³-hybridized carbons (Fsp3) is 0.367. The van der Waals surface area contributed by atoms with Gasteiger partial charge in [-0.3, -0.25) is 33.6 Å². The molecule has 0 aromatic heterocycles. The lowest BCUT2D eigenvalue weighted by molar-refractivity contribution is -0.253. The number of benzene rings is 4. The lowest BCUT2D eigenvalue weighted by Gasteiger charge is -2.40. The zero-order valence-electron chi connectivity index (χ0n) is 37.3. The maximum Gasteiger partial charge on any atom is 0.251 e. The van der Waals surface area contributed by atoms with E-state index in [1.165, 1.54) is 23.9 Å². The first-order chi connectivity index (χ1) is 32.2. The van der Waals surface area contributed by atoms with Gasteiger partial charge in [-0.15, -0.1) is 11.8 Å². The van der Waals surface area contributed by atoms with Gasteiger partial charge in [0.1, 0.15) is 30.4 Å². The number of amides is 5. The number of carbonyl (C=O) groups is 7. The van der Waals surface area contributed by atoms with Crippen LogP contribution in [0.1, 0.15) is 98.5 Å². The number of hydrogen-bond acceptors (Lipinski definition) is 13. The normalized spacial score (nSPS) is 18.4. The molecule has 18 heteroatoms. The Bertz CT molecular complexity index is 2250. The predicted molar refractivity (Wildman–Crippen MR) is 251 cm³/mol. The van der Waals surface area contributed by atoms with Crippen LogP contribution in [-0.2, 0) is 19.1 Å². The summed E-state index contributed by atoms with van der Waals surface area (Å²) in [7, 11) is 0. The van der Waals surface area contributed by atoms with E-state index in [0.717, 1.165) is 0 Å². The van der Waals surface area contributed by atoms with Crippen LogP contribution in [0.3, 0.4) is 0 Å². The summed E-state index contributed by atoms with van der Waals surface area (Å²) >= 11 is 1.21. The highest BCUT2D eigenvalue weighted by Crippen LogP contribution is 2.22. The highest BCUT2D eigenvalue weighted by atomic mass is 32.2. The zero-order valence-corrected chi connectivity index (χ0v) is 38.2. The number of unbranched alkanes of at least 4 members (excludes halogenated alkanes) is 1. The van der Waals surface area contributed by atoms with Gasteiger partial charge in [-0.25, -0.2) is 0 Å². The first kappa shape index (κ1) is 53.3. The first-order valence-corrected chi connectivity index (χ1v) is 23.0. The van der Waals surface area contributed by atoms with Gasteiger partial charge >= 0.3 is 0 Å². The topological polar surface area (TPSA) is 284 Å². The summed E-state index contributed by atoms with van der Waals surface area (Å²) in [5.41, 5.74) is 7.16. The molecular weight excluding hydrogens is 883 g/mol. The standard InChI is InChI=1S/C46H52N4O11S.C3H7NO/c1-2-36(45(59)50-37-41(55)40(54)35(27-51)61-46(37)60)62-26-25-48-44(58)34(49-43(57)33-22-18-31(19-23-33)39(53)29-13-7-4-8-14-29)15-9-10-24-47-42(56)32-20-16-30(17-21-32)38(52)28-11-5-3-6-12-28;1-2-3(4)5/h3-8,11-14,16-23,34-37,40-41,46,51,54-55,60H,2,9-10,15,24-27H2,1H3,(H,47,56)(H,48,58)(H,49,57)(H,50,59);2H2,1H3,(H2,4,5). The molecule has 5 rings (SSSR count). The van der Waals surface area contributed by atoms with Crippen molar-refractivity contribution in [2.24, 2.45) is 5.73 Å². The molecule has 1 fully saturated rings. The highest BCUT2D eigenvalue weighted by Gasteiger charge is 2.44. The Labute approximate surface area is 393 Å². The molecule has 0 radical (unpaired) electrons. The largest absolute Gasteiger partial charge is 0.394 e.